The minimum Gasteiger partial charge on any atom is -0.335 e. The van der Waals surface area contributed by atoms with Crippen LogP contribution in [0.2, 0.25) is 0 Å². The molecule has 0 amide bonds. The number of hydrogen-bond acceptors (Lipinski definition) is 3. The maximum Gasteiger partial charge on any atom is 0.214 e. The van der Waals surface area contributed by atoms with Gasteiger partial charge in [0.25, 0.3) is 0 Å². The van der Waals surface area contributed by atoms with Crippen molar-refractivity contribution in [1.29, 1.82) is 0 Å². The predicted molar refractivity (Wildman–Crippen MR) is 62.5 cm³/mol. The van der Waals surface area contributed by atoms with Crippen LogP contribution in [0.15, 0.2) is 0 Å². The van der Waals surface area contributed by atoms with Crippen LogP contribution in [0.3, 0.4) is 0 Å². The van der Waals surface area contributed by atoms with Crippen molar-refractivity contribution in [1.82, 2.24) is 14.9 Å². The van der Waals surface area contributed by atoms with Gasteiger partial charge in [0.05, 0.1) is 0 Å². The SMILES string of the molecule is Nn1c(CCC2CCCCC2)n[nH]c1=S. The highest BCUT2D eigenvalue weighted by Gasteiger charge is 2.14. The van der Waals surface area contributed by atoms with Crippen molar-refractivity contribution in [2.75, 3.05) is 5.84 Å². The second-order valence-corrected chi connectivity index (χ2v) is 4.74. The fourth-order valence-corrected chi connectivity index (χ4v) is 2.47. The molecule has 5 heteroatoms. The summed E-state index contributed by atoms with van der Waals surface area (Å²) < 4.78 is 1.99. The molecule has 4 nitrogen and oxygen atoms in total. The fourth-order valence-electron chi connectivity index (χ4n) is 2.32. The van der Waals surface area contributed by atoms with Crippen LogP contribution in [-0.2, 0) is 6.42 Å². The number of nitrogens with zero attached hydrogens (tertiary/aromatic N) is 2. The Morgan fingerprint density at radius 3 is 2.73 bits per heavy atom. The Bertz CT molecular complexity index is 362. The Balaban J connectivity index is 1.87. The molecule has 0 saturated heterocycles. The third-order valence-corrected chi connectivity index (χ3v) is 3.57. The lowest BCUT2D eigenvalue weighted by Crippen LogP contribution is -2.15. The number of aryl methyl sites for hydroxylation is 1. The van der Waals surface area contributed by atoms with Crippen molar-refractivity contribution in [3.05, 3.63) is 10.6 Å². The average molecular weight is 226 g/mol. The summed E-state index contributed by atoms with van der Waals surface area (Å²) in [5.41, 5.74) is 0. The standard InChI is InChI=1S/C10H18N4S/c11-14-9(12-13-10(14)15)7-6-8-4-2-1-3-5-8/h8H,1-7,11H2,(H,13,15). The number of nitrogens with two attached hydrogens (primary N) is 1. The van der Waals surface area contributed by atoms with Crippen LogP contribution in [-0.4, -0.2) is 14.9 Å². The predicted octanol–water partition coefficient (Wildman–Crippen LogP) is 2.17. The number of nitrogen functional groups attached to an aromatic ring is 1. The molecule has 0 bridgehead atoms. The fraction of sp³-hybridized carbons (Fsp3) is 0.800. The first-order chi connectivity index (χ1) is 7.27. The molecule has 1 aromatic heterocycles. The van der Waals surface area contributed by atoms with E-state index in [4.69, 9.17) is 18.1 Å². The summed E-state index contributed by atoms with van der Waals surface area (Å²) in [6, 6.07) is 0. The van der Waals surface area contributed by atoms with Crippen LogP contribution < -0.4 is 5.84 Å². The number of H-pyrrole nitrogens is 1. The van der Waals surface area contributed by atoms with Gasteiger partial charge in [-0.05, 0) is 24.6 Å². The molecule has 0 aliphatic heterocycles. The Kier molecular flexibility index (Phi) is 3.41. The Morgan fingerprint density at radius 2 is 2.13 bits per heavy atom. The van der Waals surface area contributed by atoms with Crippen LogP contribution in [0.4, 0.5) is 0 Å². The van der Waals surface area contributed by atoms with Gasteiger partial charge in [0, 0.05) is 6.42 Å². The number of nitrogens with one attached hydrogen (secondary N) is 1. The average Bonchev–Trinajstić information content (AvgIpc) is 2.59. The Hall–Kier alpha value is -0.840. The van der Waals surface area contributed by atoms with Crippen molar-refractivity contribution < 1.29 is 0 Å². The minimum atomic E-state index is 0.508. The normalized spacial score (nSPS) is 18.1. The molecule has 0 spiro atoms. The summed E-state index contributed by atoms with van der Waals surface area (Å²) in [5.74, 6) is 7.48. The molecule has 0 radical (unpaired) electrons. The number of rotatable bonds is 3. The minimum absolute atomic E-state index is 0.508. The van der Waals surface area contributed by atoms with Crippen molar-refractivity contribution in [3.8, 4) is 0 Å². The molecular weight excluding hydrogens is 208 g/mol. The monoisotopic (exact) mass is 226 g/mol. The molecule has 1 fully saturated rings. The van der Waals surface area contributed by atoms with Gasteiger partial charge >= 0.3 is 0 Å². The molecule has 3 N–H and O–H groups in total. The topological polar surface area (TPSA) is 59.6 Å². The van der Waals surface area contributed by atoms with E-state index in [0.29, 0.717) is 4.77 Å². The quantitative estimate of drug-likeness (QED) is 0.613. The molecule has 1 aromatic rings. The highest BCUT2D eigenvalue weighted by atomic mass is 32.1. The highest BCUT2D eigenvalue weighted by Crippen LogP contribution is 2.27. The second kappa shape index (κ2) is 4.79. The summed E-state index contributed by atoms with van der Waals surface area (Å²) in [6.07, 6.45) is 9.06. The molecular formula is C10H18N4S. The van der Waals surface area contributed by atoms with E-state index in [2.05, 4.69) is 10.2 Å². The van der Waals surface area contributed by atoms with E-state index in [9.17, 15) is 0 Å². The molecule has 2 rings (SSSR count). The van der Waals surface area contributed by atoms with Crippen molar-refractivity contribution in [3.63, 3.8) is 0 Å². The summed E-state index contributed by atoms with van der Waals surface area (Å²) in [4.78, 5) is 0. The molecule has 0 atom stereocenters. The smallest absolute Gasteiger partial charge is 0.214 e. The van der Waals surface area contributed by atoms with Gasteiger partial charge in [-0.1, -0.05) is 32.1 Å². The largest absolute Gasteiger partial charge is 0.335 e. The molecule has 1 aliphatic rings. The van der Waals surface area contributed by atoms with E-state index in [-0.39, 0.29) is 0 Å². The summed E-state index contributed by atoms with van der Waals surface area (Å²) in [5, 5.41) is 6.84. The van der Waals surface area contributed by atoms with Crippen molar-refractivity contribution >= 4 is 12.2 Å². The number of aromatic amines is 1. The zero-order valence-electron chi connectivity index (χ0n) is 8.91. The highest BCUT2D eigenvalue weighted by molar-refractivity contribution is 7.71. The first-order valence-corrected chi connectivity index (χ1v) is 6.09. The van der Waals surface area contributed by atoms with Crippen LogP contribution in [0.5, 0.6) is 0 Å². The van der Waals surface area contributed by atoms with E-state index >= 15 is 0 Å². The van der Waals surface area contributed by atoms with Crippen LogP contribution in [0.25, 0.3) is 0 Å². The Labute approximate surface area is 94.8 Å². The van der Waals surface area contributed by atoms with Crippen LogP contribution in [0.1, 0.15) is 44.3 Å². The van der Waals surface area contributed by atoms with Gasteiger partial charge in [-0.25, -0.2) is 4.68 Å². The lowest BCUT2D eigenvalue weighted by molar-refractivity contribution is 0.336. The molecule has 1 aliphatic carbocycles. The van der Waals surface area contributed by atoms with E-state index < -0.39 is 0 Å². The van der Waals surface area contributed by atoms with Gasteiger partial charge < -0.3 is 5.84 Å². The van der Waals surface area contributed by atoms with Gasteiger partial charge in [-0.2, -0.15) is 5.10 Å². The van der Waals surface area contributed by atoms with Gasteiger partial charge in [0.1, 0.15) is 0 Å². The number of aromatic nitrogens is 3. The van der Waals surface area contributed by atoms with E-state index in [1.807, 2.05) is 0 Å². The maximum atomic E-state index is 5.74. The summed E-state index contributed by atoms with van der Waals surface area (Å²) >= 11 is 4.96. The second-order valence-electron chi connectivity index (χ2n) is 4.36. The molecule has 0 aromatic carbocycles. The maximum absolute atomic E-state index is 5.74. The van der Waals surface area contributed by atoms with E-state index in [1.54, 1.807) is 0 Å². The van der Waals surface area contributed by atoms with E-state index in [1.165, 1.54) is 43.2 Å². The third-order valence-electron chi connectivity index (χ3n) is 3.28. The Morgan fingerprint density at radius 1 is 1.40 bits per heavy atom. The lowest BCUT2D eigenvalue weighted by atomic mass is 9.86. The summed E-state index contributed by atoms with van der Waals surface area (Å²) in [6.45, 7) is 0. The zero-order chi connectivity index (χ0) is 10.7. The van der Waals surface area contributed by atoms with Crippen molar-refractivity contribution in [2.45, 2.75) is 44.9 Å². The first-order valence-electron chi connectivity index (χ1n) is 5.69. The van der Waals surface area contributed by atoms with Crippen LogP contribution in [0, 0.1) is 10.7 Å². The molecule has 1 saturated carbocycles. The number of hydrogen-bond donors (Lipinski definition) is 2. The zero-order valence-corrected chi connectivity index (χ0v) is 9.72. The van der Waals surface area contributed by atoms with Gasteiger partial charge in [0.2, 0.25) is 4.77 Å². The van der Waals surface area contributed by atoms with Crippen molar-refractivity contribution in [2.24, 2.45) is 5.92 Å². The summed E-state index contributed by atoms with van der Waals surface area (Å²) in [7, 11) is 0. The van der Waals surface area contributed by atoms with Gasteiger partial charge in [-0.15, -0.1) is 0 Å². The first kappa shape index (κ1) is 10.7. The molecule has 1 heterocycles. The van der Waals surface area contributed by atoms with Crippen LogP contribution >= 0.6 is 12.2 Å². The van der Waals surface area contributed by atoms with E-state index in [0.717, 1.165) is 18.2 Å². The molecule has 84 valence electrons. The molecule has 0 unspecified atom stereocenters. The van der Waals surface area contributed by atoms with Gasteiger partial charge in [0.15, 0.2) is 5.82 Å². The third kappa shape index (κ3) is 2.59. The molecule has 15 heavy (non-hydrogen) atoms. The lowest BCUT2D eigenvalue weighted by Gasteiger charge is -2.20. The van der Waals surface area contributed by atoms with Gasteiger partial charge in [-0.3, -0.25) is 5.10 Å².